The third-order valence-corrected chi connectivity index (χ3v) is 7.62. The maximum Gasteiger partial charge on any atom is 0.408 e. The second-order valence-electron chi connectivity index (χ2n) is 11.4. The molecule has 3 saturated carbocycles. The van der Waals surface area contributed by atoms with Crippen LogP contribution in [0.1, 0.15) is 51.2 Å². The third-order valence-electron chi connectivity index (χ3n) is 7.62. The molecule has 36 heavy (non-hydrogen) atoms. The number of benzene rings is 2. The lowest BCUT2D eigenvalue weighted by Crippen LogP contribution is -2.58. The Bertz CT molecular complexity index is 1140. The molecule has 2 aromatic rings. The van der Waals surface area contributed by atoms with Crippen LogP contribution in [-0.2, 0) is 37.0 Å². The number of ether oxygens (including phenoxy) is 3. The number of hydrogen-bond donors (Lipinski definition) is 1. The van der Waals surface area contributed by atoms with Gasteiger partial charge in [0.25, 0.3) is 0 Å². The minimum absolute atomic E-state index is 0.0139. The van der Waals surface area contributed by atoms with Crippen molar-refractivity contribution in [2.75, 3.05) is 0 Å². The van der Waals surface area contributed by atoms with Crippen molar-refractivity contribution in [2.24, 2.45) is 23.2 Å². The van der Waals surface area contributed by atoms with Crippen LogP contribution in [0.15, 0.2) is 60.7 Å². The van der Waals surface area contributed by atoms with Gasteiger partial charge in [-0.15, -0.1) is 0 Å². The summed E-state index contributed by atoms with van der Waals surface area (Å²) in [6.45, 7) is 5.58. The summed E-state index contributed by atoms with van der Waals surface area (Å²) in [5.41, 5.74) is -0.454. The van der Waals surface area contributed by atoms with Crippen LogP contribution in [0, 0.1) is 23.2 Å². The van der Waals surface area contributed by atoms with E-state index in [1.165, 1.54) is 0 Å². The Morgan fingerprint density at radius 2 is 1.42 bits per heavy atom. The van der Waals surface area contributed by atoms with Crippen LogP contribution in [0.3, 0.4) is 0 Å². The quantitative estimate of drug-likeness (QED) is 0.443. The zero-order valence-electron chi connectivity index (χ0n) is 21.0. The molecule has 1 N–H and O–H groups in total. The minimum atomic E-state index is -1.32. The lowest BCUT2D eigenvalue weighted by molar-refractivity contribution is -0.156. The number of esters is 2. The summed E-state index contributed by atoms with van der Waals surface area (Å²) < 4.78 is 16.9. The van der Waals surface area contributed by atoms with E-state index in [1.54, 1.807) is 20.8 Å². The Balaban J connectivity index is 1.37. The number of alkyl carbamates (subject to hydrolysis) is 1. The fourth-order valence-corrected chi connectivity index (χ4v) is 5.99. The molecule has 3 fully saturated rings. The molecule has 0 saturated heterocycles. The minimum Gasteiger partial charge on any atom is -0.461 e. The zero-order valence-corrected chi connectivity index (χ0v) is 21.0. The average molecular weight is 492 g/mol. The molecule has 4 unspecified atom stereocenters. The number of carbonyl (C=O) groups excluding carboxylic acids is 3. The summed E-state index contributed by atoms with van der Waals surface area (Å²) >= 11 is 0. The van der Waals surface area contributed by atoms with Crippen LogP contribution in [0.25, 0.3) is 0 Å². The van der Waals surface area contributed by atoms with Gasteiger partial charge in [0.05, 0.1) is 5.92 Å². The van der Waals surface area contributed by atoms with Gasteiger partial charge in [0.2, 0.25) is 0 Å². The van der Waals surface area contributed by atoms with Crippen LogP contribution in [0.2, 0.25) is 0 Å². The fourth-order valence-electron chi connectivity index (χ4n) is 5.99. The van der Waals surface area contributed by atoms with Gasteiger partial charge < -0.3 is 19.5 Å². The summed E-state index contributed by atoms with van der Waals surface area (Å²) in [6, 6.07) is 18.9. The molecule has 5 rings (SSSR count). The Labute approximate surface area is 211 Å². The van der Waals surface area contributed by atoms with E-state index < -0.39 is 29.1 Å². The summed E-state index contributed by atoms with van der Waals surface area (Å²) in [5, 5.41) is 2.89. The highest BCUT2D eigenvalue weighted by molar-refractivity contribution is 5.91. The van der Waals surface area contributed by atoms with Gasteiger partial charge in [-0.2, -0.15) is 0 Å². The van der Waals surface area contributed by atoms with Crippen LogP contribution in [0.4, 0.5) is 4.79 Å². The molecule has 7 nitrogen and oxygen atoms in total. The molecule has 3 aliphatic rings. The second kappa shape index (κ2) is 8.95. The van der Waals surface area contributed by atoms with Gasteiger partial charge in [0.15, 0.2) is 0 Å². The van der Waals surface area contributed by atoms with E-state index >= 15 is 0 Å². The van der Waals surface area contributed by atoms with Crippen molar-refractivity contribution in [3.05, 3.63) is 71.8 Å². The molecule has 7 heteroatoms. The maximum atomic E-state index is 13.7. The molecule has 0 heterocycles. The van der Waals surface area contributed by atoms with E-state index in [9.17, 15) is 14.4 Å². The van der Waals surface area contributed by atoms with Gasteiger partial charge >= 0.3 is 18.0 Å². The van der Waals surface area contributed by atoms with Gasteiger partial charge in [-0.05, 0) is 62.5 Å². The van der Waals surface area contributed by atoms with Crippen molar-refractivity contribution in [1.82, 2.24) is 5.32 Å². The molecule has 0 aliphatic heterocycles. The first-order valence-electron chi connectivity index (χ1n) is 12.6. The summed E-state index contributed by atoms with van der Waals surface area (Å²) in [7, 11) is 0. The second-order valence-corrected chi connectivity index (χ2v) is 11.4. The van der Waals surface area contributed by atoms with Crippen LogP contribution in [-0.4, -0.2) is 29.2 Å². The Morgan fingerprint density at radius 3 is 1.94 bits per heavy atom. The van der Waals surface area contributed by atoms with Gasteiger partial charge in [-0.25, -0.2) is 9.59 Å². The highest BCUT2D eigenvalue weighted by Gasteiger charge is 2.83. The molecule has 1 amide bonds. The standard InChI is InChI=1S/C29H33NO6/c1-27(2,3)36-26(33)30-29(25(32)35-17-20-12-8-5-9-13-20)18-28(14-15-28)22-21(23(22)29)24(31)34-16-19-10-6-4-7-11-19/h4-13,21-23H,14-18H2,1-3H3,(H,30,33). The number of amides is 1. The van der Waals surface area contributed by atoms with E-state index in [-0.39, 0.29) is 36.4 Å². The average Bonchev–Trinajstić information content (AvgIpc) is 3.74. The molecular formula is C29H33NO6. The highest BCUT2D eigenvalue weighted by atomic mass is 16.6. The zero-order chi connectivity index (χ0) is 25.6. The van der Waals surface area contributed by atoms with E-state index in [0.29, 0.717) is 6.42 Å². The highest BCUT2D eigenvalue weighted by Crippen LogP contribution is 2.79. The lowest BCUT2D eigenvalue weighted by Gasteiger charge is -2.33. The smallest absolute Gasteiger partial charge is 0.408 e. The van der Waals surface area contributed by atoms with Crippen LogP contribution >= 0.6 is 0 Å². The van der Waals surface area contributed by atoms with Crippen LogP contribution < -0.4 is 5.32 Å². The fraction of sp³-hybridized carbons (Fsp3) is 0.483. The Hall–Kier alpha value is -3.35. The predicted octanol–water partition coefficient (Wildman–Crippen LogP) is 4.78. The molecule has 0 aromatic heterocycles. The number of nitrogens with one attached hydrogen (secondary N) is 1. The van der Waals surface area contributed by atoms with Gasteiger partial charge in [-0.3, -0.25) is 4.79 Å². The van der Waals surface area contributed by atoms with E-state index in [4.69, 9.17) is 14.2 Å². The van der Waals surface area contributed by atoms with E-state index in [2.05, 4.69) is 5.32 Å². The van der Waals surface area contributed by atoms with Crippen molar-refractivity contribution in [2.45, 2.75) is 64.4 Å². The molecule has 190 valence electrons. The number of hydrogen-bond acceptors (Lipinski definition) is 6. The maximum absolute atomic E-state index is 13.7. The van der Waals surface area contributed by atoms with E-state index in [0.717, 1.165) is 24.0 Å². The summed E-state index contributed by atoms with van der Waals surface area (Å²) in [4.78, 5) is 39.8. The summed E-state index contributed by atoms with van der Waals surface area (Å²) in [6.07, 6.45) is 1.60. The normalized spacial score (nSPS) is 27.0. The van der Waals surface area contributed by atoms with Crippen molar-refractivity contribution in [1.29, 1.82) is 0 Å². The predicted molar refractivity (Wildman–Crippen MR) is 131 cm³/mol. The third kappa shape index (κ3) is 4.71. The van der Waals surface area contributed by atoms with Gasteiger partial charge in [-0.1, -0.05) is 60.7 Å². The molecule has 0 bridgehead atoms. The molecular weight excluding hydrogens is 458 g/mol. The Kier molecular flexibility index (Phi) is 6.05. The first-order chi connectivity index (χ1) is 17.1. The van der Waals surface area contributed by atoms with Crippen molar-refractivity contribution >= 4 is 18.0 Å². The number of fused-ring (bicyclic) bond motifs is 2. The van der Waals surface area contributed by atoms with Crippen molar-refractivity contribution < 1.29 is 28.6 Å². The molecule has 0 radical (unpaired) electrons. The summed E-state index contributed by atoms with van der Waals surface area (Å²) in [5.74, 6) is -1.69. The number of carbonyl (C=O) groups is 3. The lowest BCUT2D eigenvalue weighted by atomic mass is 9.85. The van der Waals surface area contributed by atoms with Gasteiger partial charge in [0, 0.05) is 5.92 Å². The number of rotatable bonds is 7. The van der Waals surface area contributed by atoms with Crippen molar-refractivity contribution in [3.63, 3.8) is 0 Å². The molecule has 1 spiro atoms. The van der Waals surface area contributed by atoms with E-state index in [1.807, 2.05) is 60.7 Å². The first kappa shape index (κ1) is 24.3. The van der Waals surface area contributed by atoms with Crippen LogP contribution in [0.5, 0.6) is 0 Å². The topological polar surface area (TPSA) is 90.9 Å². The molecule has 4 atom stereocenters. The van der Waals surface area contributed by atoms with Gasteiger partial charge in [0.1, 0.15) is 24.4 Å². The first-order valence-corrected chi connectivity index (χ1v) is 12.6. The molecule has 3 aliphatic carbocycles. The largest absolute Gasteiger partial charge is 0.461 e. The monoisotopic (exact) mass is 491 g/mol. The van der Waals surface area contributed by atoms with Crippen molar-refractivity contribution in [3.8, 4) is 0 Å². The Morgan fingerprint density at radius 1 is 0.861 bits per heavy atom. The molecule has 2 aromatic carbocycles. The SMILES string of the molecule is CC(C)(C)OC(=O)NC1(C(=O)OCc2ccccc2)CC2(CC2)C2C(C(=O)OCc3ccccc3)C21.